The van der Waals surface area contributed by atoms with Gasteiger partial charge in [-0.1, -0.05) is 29.8 Å². The van der Waals surface area contributed by atoms with Gasteiger partial charge in [0.05, 0.1) is 12.5 Å². The lowest BCUT2D eigenvalue weighted by Gasteiger charge is -2.27. The van der Waals surface area contributed by atoms with Gasteiger partial charge in [-0.05, 0) is 29.7 Å². The van der Waals surface area contributed by atoms with Gasteiger partial charge in [0.25, 0.3) is 0 Å². The Morgan fingerprint density at radius 2 is 2.17 bits per heavy atom. The molecule has 2 nitrogen and oxygen atoms in total. The van der Waals surface area contributed by atoms with Crippen molar-refractivity contribution in [3.8, 4) is 6.07 Å². The molecule has 0 atom stereocenters. The van der Waals surface area contributed by atoms with Crippen molar-refractivity contribution in [1.29, 1.82) is 5.26 Å². The third-order valence-electron chi connectivity index (χ3n) is 2.61. The quantitative estimate of drug-likeness (QED) is 0.739. The first-order valence-electron chi connectivity index (χ1n) is 6.04. The Balaban J connectivity index is 2.99. The molecule has 98 valence electrons. The molecule has 0 spiro atoms. The highest BCUT2D eigenvalue weighted by atomic mass is 79.9. The molecule has 0 aliphatic carbocycles. The fourth-order valence-corrected chi connectivity index (χ4v) is 2.35. The molecule has 0 saturated heterocycles. The van der Waals surface area contributed by atoms with Crippen LogP contribution in [-0.4, -0.2) is 13.1 Å². The van der Waals surface area contributed by atoms with Crippen LogP contribution in [0.3, 0.4) is 0 Å². The Morgan fingerprint density at radius 1 is 1.44 bits per heavy atom. The van der Waals surface area contributed by atoms with E-state index in [0.717, 1.165) is 17.8 Å². The average Bonchev–Trinajstić information content (AvgIpc) is 2.34. The second-order valence-electron chi connectivity index (χ2n) is 4.65. The molecule has 0 bridgehead atoms. The molecule has 0 aromatic heterocycles. The fraction of sp³-hybridized carbons (Fsp3) is 0.500. The van der Waals surface area contributed by atoms with E-state index in [1.807, 2.05) is 0 Å². The number of rotatable bonds is 6. The van der Waals surface area contributed by atoms with E-state index in [0.29, 0.717) is 24.2 Å². The summed E-state index contributed by atoms with van der Waals surface area (Å²) in [5.74, 6) is 0.273. The van der Waals surface area contributed by atoms with Gasteiger partial charge in [-0.25, -0.2) is 4.39 Å². The maximum atomic E-state index is 13.2. The number of alkyl halides is 1. The molecule has 0 fully saturated rings. The van der Waals surface area contributed by atoms with Crippen LogP contribution in [0.15, 0.2) is 18.2 Å². The predicted molar refractivity (Wildman–Crippen MR) is 76.3 cm³/mol. The lowest BCUT2D eigenvalue weighted by atomic mass is 10.1. The van der Waals surface area contributed by atoms with E-state index in [2.05, 4.69) is 40.7 Å². The van der Waals surface area contributed by atoms with Gasteiger partial charge in [-0.2, -0.15) is 5.26 Å². The van der Waals surface area contributed by atoms with Gasteiger partial charge in [0.1, 0.15) is 5.82 Å². The molecule has 1 aromatic carbocycles. The molecule has 0 aliphatic heterocycles. The number of nitriles is 1. The van der Waals surface area contributed by atoms with Gasteiger partial charge >= 0.3 is 0 Å². The van der Waals surface area contributed by atoms with E-state index in [9.17, 15) is 4.39 Å². The van der Waals surface area contributed by atoms with Gasteiger partial charge in [0, 0.05) is 24.1 Å². The average molecular weight is 313 g/mol. The molecule has 1 rings (SSSR count). The summed E-state index contributed by atoms with van der Waals surface area (Å²) >= 11 is 3.39. The minimum Gasteiger partial charge on any atom is -0.370 e. The van der Waals surface area contributed by atoms with Crippen molar-refractivity contribution in [1.82, 2.24) is 0 Å². The van der Waals surface area contributed by atoms with Crippen LogP contribution >= 0.6 is 15.9 Å². The Morgan fingerprint density at radius 3 is 2.72 bits per heavy atom. The standard InChI is InChI=1S/C14H18BrFN2/c1-11(2)10-18(7-3-6-17)14-5-4-13(16)8-12(14)9-15/h4-5,8,11H,3,7,9-10H2,1-2H3. The molecule has 0 N–H and O–H groups in total. The SMILES string of the molecule is CC(C)CN(CCC#N)c1ccc(F)cc1CBr. The van der Waals surface area contributed by atoms with Crippen molar-refractivity contribution in [3.05, 3.63) is 29.6 Å². The summed E-state index contributed by atoms with van der Waals surface area (Å²) < 4.78 is 13.2. The van der Waals surface area contributed by atoms with Crippen LogP contribution in [0.5, 0.6) is 0 Å². The Bertz CT molecular complexity index is 426. The van der Waals surface area contributed by atoms with Gasteiger partial charge in [0.15, 0.2) is 0 Å². The molecule has 0 unspecified atom stereocenters. The number of nitrogens with zero attached hydrogens (tertiary/aromatic N) is 2. The summed E-state index contributed by atoms with van der Waals surface area (Å²) in [5, 5.41) is 9.33. The predicted octanol–water partition coefficient (Wildman–Crippen LogP) is 4.10. The zero-order valence-corrected chi connectivity index (χ0v) is 12.4. The lowest BCUT2D eigenvalue weighted by Crippen LogP contribution is -2.29. The summed E-state index contributed by atoms with van der Waals surface area (Å²) in [4.78, 5) is 2.16. The second kappa shape index (κ2) is 7.38. The summed E-state index contributed by atoms with van der Waals surface area (Å²) in [5.41, 5.74) is 1.94. The number of halogens is 2. The second-order valence-corrected chi connectivity index (χ2v) is 5.22. The van der Waals surface area contributed by atoms with Crippen LogP contribution < -0.4 is 4.90 Å². The van der Waals surface area contributed by atoms with Crippen molar-refractivity contribution in [2.75, 3.05) is 18.0 Å². The highest BCUT2D eigenvalue weighted by molar-refractivity contribution is 9.08. The molecule has 0 saturated carbocycles. The van der Waals surface area contributed by atoms with Crippen molar-refractivity contribution in [3.63, 3.8) is 0 Å². The normalized spacial score (nSPS) is 10.4. The molecule has 4 heteroatoms. The summed E-state index contributed by atoms with van der Waals surface area (Å²) in [6, 6.07) is 6.98. The van der Waals surface area contributed by atoms with Crippen LogP contribution in [-0.2, 0) is 5.33 Å². The third-order valence-corrected chi connectivity index (χ3v) is 3.21. The maximum Gasteiger partial charge on any atom is 0.123 e. The molecule has 0 heterocycles. The molecular formula is C14H18BrFN2. The number of hydrogen-bond acceptors (Lipinski definition) is 2. The highest BCUT2D eigenvalue weighted by Gasteiger charge is 2.12. The van der Waals surface area contributed by atoms with E-state index < -0.39 is 0 Å². The van der Waals surface area contributed by atoms with Crippen LogP contribution in [0.25, 0.3) is 0 Å². The first-order chi connectivity index (χ1) is 8.58. The highest BCUT2D eigenvalue weighted by Crippen LogP contribution is 2.25. The molecule has 1 aromatic rings. The lowest BCUT2D eigenvalue weighted by molar-refractivity contribution is 0.607. The van der Waals surface area contributed by atoms with Gasteiger partial charge in [0.2, 0.25) is 0 Å². The molecular weight excluding hydrogens is 295 g/mol. The molecule has 0 radical (unpaired) electrons. The van der Waals surface area contributed by atoms with E-state index >= 15 is 0 Å². The Hall–Kier alpha value is -1.08. The third kappa shape index (κ3) is 4.30. The first kappa shape index (κ1) is 15.0. The monoisotopic (exact) mass is 312 g/mol. The largest absolute Gasteiger partial charge is 0.370 e. The maximum absolute atomic E-state index is 13.2. The van der Waals surface area contributed by atoms with Gasteiger partial charge < -0.3 is 4.90 Å². The summed E-state index contributed by atoms with van der Waals surface area (Å²) in [7, 11) is 0. The van der Waals surface area contributed by atoms with E-state index in [-0.39, 0.29) is 5.82 Å². The topological polar surface area (TPSA) is 27.0 Å². The zero-order valence-electron chi connectivity index (χ0n) is 10.8. The van der Waals surface area contributed by atoms with Crippen LogP contribution in [0.2, 0.25) is 0 Å². The smallest absolute Gasteiger partial charge is 0.123 e. The Kier molecular flexibility index (Phi) is 6.14. The zero-order chi connectivity index (χ0) is 13.5. The summed E-state index contributed by atoms with van der Waals surface area (Å²) in [6.07, 6.45) is 0.478. The van der Waals surface area contributed by atoms with Crippen LogP contribution in [0.4, 0.5) is 10.1 Å². The van der Waals surface area contributed by atoms with Crippen molar-refractivity contribution in [2.24, 2.45) is 5.92 Å². The van der Waals surface area contributed by atoms with Crippen LogP contribution in [0, 0.1) is 23.1 Å². The number of anilines is 1. The minimum absolute atomic E-state index is 0.224. The summed E-state index contributed by atoms with van der Waals surface area (Å²) in [6.45, 7) is 5.82. The number of hydrogen-bond donors (Lipinski definition) is 0. The minimum atomic E-state index is -0.224. The molecule has 18 heavy (non-hydrogen) atoms. The van der Waals surface area contributed by atoms with E-state index in [1.54, 1.807) is 12.1 Å². The van der Waals surface area contributed by atoms with Crippen molar-refractivity contribution < 1.29 is 4.39 Å². The first-order valence-corrected chi connectivity index (χ1v) is 7.17. The van der Waals surface area contributed by atoms with Crippen LogP contribution in [0.1, 0.15) is 25.8 Å². The van der Waals surface area contributed by atoms with Crippen molar-refractivity contribution >= 4 is 21.6 Å². The van der Waals surface area contributed by atoms with E-state index in [4.69, 9.17) is 5.26 Å². The molecule has 0 aliphatic rings. The van der Waals surface area contributed by atoms with Crippen molar-refractivity contribution in [2.45, 2.75) is 25.6 Å². The van der Waals surface area contributed by atoms with Gasteiger partial charge in [-0.3, -0.25) is 0 Å². The molecule has 0 amide bonds. The van der Waals surface area contributed by atoms with Gasteiger partial charge in [-0.15, -0.1) is 0 Å². The Labute approximate surface area is 117 Å². The number of benzene rings is 1. The van der Waals surface area contributed by atoms with E-state index in [1.165, 1.54) is 6.07 Å². The fourth-order valence-electron chi connectivity index (χ4n) is 1.91.